The number of methoxy groups -OCH3 is 1. The molecule has 2 fully saturated rings. The first kappa shape index (κ1) is 50.6. The third kappa shape index (κ3) is 12.8. The molecule has 3 aliphatic rings. The molecule has 2 saturated heterocycles. The second-order valence-electron chi connectivity index (χ2n) is 19.4. The Morgan fingerprint density at radius 1 is 1.02 bits per heavy atom. The van der Waals surface area contributed by atoms with Crippen LogP contribution in [-0.4, -0.2) is 106 Å². The first-order valence-electron chi connectivity index (χ1n) is 22.5. The van der Waals surface area contributed by atoms with E-state index in [9.17, 15) is 27.6 Å². The van der Waals surface area contributed by atoms with Crippen LogP contribution in [0.2, 0.25) is 0 Å². The molecule has 15 nitrogen and oxygen atoms in total. The van der Waals surface area contributed by atoms with Crippen molar-refractivity contribution in [3.63, 3.8) is 0 Å². The number of nitrogens with one attached hydrogen (secondary N) is 2. The van der Waals surface area contributed by atoms with Gasteiger partial charge in [-0.25, -0.2) is 18.0 Å². The average molecular weight is 952 g/mol. The van der Waals surface area contributed by atoms with Crippen molar-refractivity contribution in [3.8, 4) is 5.75 Å². The van der Waals surface area contributed by atoms with Crippen LogP contribution in [-0.2, 0) is 62.6 Å². The molecule has 6 rings (SSSR count). The predicted molar refractivity (Wildman–Crippen MR) is 250 cm³/mol. The number of sulfonamides is 1. The molecule has 5 atom stereocenters. The number of ether oxygens (including phenoxy) is 6. The summed E-state index contributed by atoms with van der Waals surface area (Å²) in [6.45, 7) is 15.0. The summed E-state index contributed by atoms with van der Waals surface area (Å²) in [6, 6.07) is 14.3. The van der Waals surface area contributed by atoms with E-state index in [0.717, 1.165) is 35.3 Å². The molecule has 2 amide bonds. The maximum Gasteiger partial charge on any atom is 0.407 e. The number of esters is 2. The Labute approximate surface area is 392 Å². The number of nitrogens with zero attached hydrogens (tertiary/aromatic N) is 1. The molecule has 0 spiro atoms. The summed E-state index contributed by atoms with van der Waals surface area (Å²) >= 11 is 1.51. The van der Waals surface area contributed by atoms with Crippen LogP contribution in [0.25, 0.3) is 6.08 Å². The maximum absolute atomic E-state index is 14.2. The van der Waals surface area contributed by atoms with Gasteiger partial charge in [-0.1, -0.05) is 58.0 Å². The molecule has 0 unspecified atom stereocenters. The molecule has 360 valence electrons. The van der Waals surface area contributed by atoms with Gasteiger partial charge in [0, 0.05) is 29.3 Å². The van der Waals surface area contributed by atoms with E-state index in [1.165, 1.54) is 47.9 Å². The number of hydrogen-bond acceptors (Lipinski definition) is 13. The normalized spacial score (nSPS) is 21.2. The van der Waals surface area contributed by atoms with E-state index >= 15 is 0 Å². The Kier molecular flexibility index (Phi) is 16.1. The lowest BCUT2D eigenvalue weighted by Crippen LogP contribution is -2.53. The number of carbonyl (C=O) groups is 4. The van der Waals surface area contributed by atoms with Crippen molar-refractivity contribution in [2.24, 2.45) is 17.3 Å². The van der Waals surface area contributed by atoms with Gasteiger partial charge >= 0.3 is 18.0 Å². The van der Waals surface area contributed by atoms with E-state index in [1.54, 1.807) is 18.2 Å². The standard InChI is InChI=1S/C49H65N3O12S2/c1-31(2)27-52(66(57,58)35-17-15-34(59-9)16-18-35)28-39(62-32(3)53)38(25-33-13-11-10-12-14-33)51-46(56)63-40-29-61-49(37(40)22-24-60-49)30-50-43(54)20-19-42-44(45(55)64-47(4,5)6)36-26-48(7,8)23-21-41(36)65-42/h10-20,31,37-40H,21-30H2,1-9H3,(H,50,54)(H,51,56)/b20-19+/t37-,38-,39+,40-,49+/m0/s1. The quantitative estimate of drug-likeness (QED) is 0.0750. The van der Waals surface area contributed by atoms with Gasteiger partial charge in [-0.2, -0.15) is 4.31 Å². The molecular weight excluding hydrogens is 887 g/mol. The van der Waals surface area contributed by atoms with E-state index in [4.69, 9.17) is 28.4 Å². The van der Waals surface area contributed by atoms with Crippen LogP contribution in [0.15, 0.2) is 65.6 Å². The SMILES string of the molecule is COc1ccc(S(=O)(=O)N(CC(C)C)C[C@@H](OC(C)=O)[C@H](Cc2ccccc2)NC(=O)O[C@H]2CO[C@@]3(CNC(=O)/C=C/c4sc5c(c4C(=O)OC(C)(C)C)CC(C)(C)CC5)OCC[C@@H]23)cc1. The molecule has 0 saturated carbocycles. The van der Waals surface area contributed by atoms with Crippen LogP contribution in [0.1, 0.15) is 99.5 Å². The van der Waals surface area contributed by atoms with Gasteiger partial charge in [0.2, 0.25) is 15.9 Å². The predicted octanol–water partition coefficient (Wildman–Crippen LogP) is 7.10. The van der Waals surface area contributed by atoms with Crippen LogP contribution in [0.5, 0.6) is 5.75 Å². The Morgan fingerprint density at radius 2 is 1.73 bits per heavy atom. The van der Waals surface area contributed by atoms with Crippen LogP contribution >= 0.6 is 11.3 Å². The summed E-state index contributed by atoms with van der Waals surface area (Å²) in [5, 5.41) is 5.80. The number of alkyl carbamates (subject to hydrolysis) is 1. The van der Waals surface area contributed by atoms with Crippen LogP contribution in [0, 0.1) is 17.3 Å². The lowest BCUT2D eigenvalue weighted by Gasteiger charge is -2.33. The molecule has 3 aromatic rings. The van der Waals surface area contributed by atoms with Gasteiger partial charge in [-0.3, -0.25) is 9.59 Å². The van der Waals surface area contributed by atoms with Crippen LogP contribution in [0.3, 0.4) is 0 Å². The first-order valence-corrected chi connectivity index (χ1v) is 24.8. The molecule has 1 aliphatic carbocycles. The highest BCUT2D eigenvalue weighted by Gasteiger charge is 2.56. The number of amides is 2. The Balaban J connectivity index is 1.16. The summed E-state index contributed by atoms with van der Waals surface area (Å²) in [4.78, 5) is 55.4. The van der Waals surface area contributed by atoms with Gasteiger partial charge in [-0.05, 0) is 106 Å². The van der Waals surface area contributed by atoms with Crippen molar-refractivity contribution in [2.75, 3.05) is 40.0 Å². The fourth-order valence-electron chi connectivity index (χ4n) is 8.73. The topological polar surface area (TPSA) is 185 Å². The fourth-order valence-corrected chi connectivity index (χ4v) is 11.6. The molecule has 2 N–H and O–H groups in total. The monoisotopic (exact) mass is 951 g/mol. The van der Waals surface area contributed by atoms with Gasteiger partial charge in [0.25, 0.3) is 0 Å². The number of thiophene rings is 1. The Bertz CT molecular complexity index is 2340. The van der Waals surface area contributed by atoms with E-state index in [0.29, 0.717) is 29.2 Å². The highest BCUT2D eigenvalue weighted by molar-refractivity contribution is 7.89. The average Bonchev–Trinajstić information content (AvgIpc) is 3.92. The molecule has 3 heterocycles. The maximum atomic E-state index is 14.2. The van der Waals surface area contributed by atoms with Gasteiger partial charge < -0.3 is 39.1 Å². The van der Waals surface area contributed by atoms with Crippen molar-refractivity contribution < 1.29 is 56.0 Å². The Hall–Kier alpha value is -4.81. The highest BCUT2D eigenvalue weighted by Crippen LogP contribution is 2.44. The van der Waals surface area contributed by atoms with Gasteiger partial charge in [0.15, 0.2) is 5.79 Å². The molecule has 0 bridgehead atoms. The summed E-state index contributed by atoms with van der Waals surface area (Å²) in [5.41, 5.74) is 1.63. The molecule has 17 heteroatoms. The van der Waals surface area contributed by atoms with E-state index in [2.05, 4.69) is 24.5 Å². The van der Waals surface area contributed by atoms with E-state index in [1.807, 2.05) is 65.0 Å². The molecule has 2 aromatic carbocycles. The van der Waals surface area contributed by atoms with Crippen molar-refractivity contribution in [3.05, 3.63) is 87.1 Å². The van der Waals surface area contributed by atoms with Crippen molar-refractivity contribution in [1.29, 1.82) is 0 Å². The van der Waals surface area contributed by atoms with Gasteiger partial charge in [-0.15, -0.1) is 11.3 Å². The summed E-state index contributed by atoms with van der Waals surface area (Å²) in [6.07, 6.45) is 3.55. The van der Waals surface area contributed by atoms with Crippen LogP contribution in [0.4, 0.5) is 4.79 Å². The number of fused-ring (bicyclic) bond motifs is 2. The minimum Gasteiger partial charge on any atom is -0.497 e. The zero-order valence-corrected chi connectivity index (χ0v) is 41.1. The molecular formula is C49H65N3O12S2. The second-order valence-corrected chi connectivity index (χ2v) is 22.5. The molecule has 2 aliphatic heterocycles. The summed E-state index contributed by atoms with van der Waals surface area (Å²) in [7, 11) is -2.62. The van der Waals surface area contributed by atoms with E-state index in [-0.39, 0.29) is 48.9 Å². The van der Waals surface area contributed by atoms with Gasteiger partial charge in [0.05, 0.1) is 55.8 Å². The molecule has 66 heavy (non-hydrogen) atoms. The van der Waals surface area contributed by atoms with Gasteiger partial charge in [0.1, 0.15) is 23.6 Å². The molecule has 1 aromatic heterocycles. The number of hydrogen-bond donors (Lipinski definition) is 2. The van der Waals surface area contributed by atoms with Crippen LogP contribution < -0.4 is 15.4 Å². The number of carbonyl (C=O) groups excluding carboxylic acids is 4. The molecule has 0 radical (unpaired) electrons. The number of rotatable bonds is 18. The lowest BCUT2D eigenvalue weighted by molar-refractivity contribution is -0.192. The lowest BCUT2D eigenvalue weighted by atomic mass is 9.76. The largest absolute Gasteiger partial charge is 0.497 e. The highest BCUT2D eigenvalue weighted by atomic mass is 32.2. The van der Waals surface area contributed by atoms with Crippen molar-refractivity contribution in [2.45, 2.75) is 122 Å². The zero-order chi connectivity index (χ0) is 48.0. The number of aryl methyl sites for hydroxylation is 1. The van der Waals surface area contributed by atoms with E-state index < -0.39 is 69.5 Å². The fraction of sp³-hybridized carbons (Fsp3) is 0.551. The zero-order valence-electron chi connectivity index (χ0n) is 39.5. The minimum atomic E-state index is -4.11. The minimum absolute atomic E-state index is 0.0147. The summed E-state index contributed by atoms with van der Waals surface area (Å²) < 4.78 is 64.8. The smallest absolute Gasteiger partial charge is 0.407 e. The van der Waals surface area contributed by atoms with Crippen molar-refractivity contribution in [1.82, 2.24) is 14.9 Å². The number of benzene rings is 2. The first-order chi connectivity index (χ1) is 31.1. The third-order valence-electron chi connectivity index (χ3n) is 11.9. The second kappa shape index (κ2) is 21.0. The Morgan fingerprint density at radius 3 is 2.38 bits per heavy atom. The third-order valence-corrected chi connectivity index (χ3v) is 15.0. The van der Waals surface area contributed by atoms with Crippen molar-refractivity contribution >= 4 is 51.4 Å². The summed E-state index contributed by atoms with van der Waals surface area (Å²) in [5.74, 6) is -2.80.